The molecule has 1 rings (SSSR count). The monoisotopic (exact) mass is 357 g/mol. The van der Waals surface area contributed by atoms with Crippen molar-refractivity contribution in [1.29, 1.82) is 0 Å². The van der Waals surface area contributed by atoms with Crippen LogP contribution >= 0.6 is 15.9 Å². The van der Waals surface area contributed by atoms with Gasteiger partial charge in [-0.15, -0.1) is 0 Å². The lowest BCUT2D eigenvalue weighted by molar-refractivity contribution is 0.179. The van der Waals surface area contributed by atoms with E-state index < -0.39 is 0 Å². The summed E-state index contributed by atoms with van der Waals surface area (Å²) < 4.78 is 11.8. The van der Waals surface area contributed by atoms with Crippen LogP contribution in [0.3, 0.4) is 0 Å². The Labute approximate surface area is 135 Å². The summed E-state index contributed by atoms with van der Waals surface area (Å²) >= 11 is 3.39. The van der Waals surface area contributed by atoms with E-state index in [1.165, 1.54) is 0 Å². The number of nitrogens with one attached hydrogen (secondary N) is 2. The first kappa shape index (κ1) is 17.8. The molecule has 0 spiro atoms. The summed E-state index contributed by atoms with van der Waals surface area (Å²) in [6, 6.07) is 7.98. The average molecular weight is 358 g/mol. The zero-order chi connectivity index (χ0) is 15.5. The van der Waals surface area contributed by atoms with Crippen LogP contribution in [0.4, 0.5) is 0 Å². The van der Waals surface area contributed by atoms with Crippen molar-refractivity contribution in [3.05, 3.63) is 28.7 Å². The molecule has 0 aliphatic carbocycles. The summed E-state index contributed by atoms with van der Waals surface area (Å²) in [5, 5.41) is 6.48. The normalized spacial score (nSPS) is 12.9. The molecule has 118 valence electrons. The first-order valence-corrected chi connectivity index (χ1v) is 7.87. The first-order valence-electron chi connectivity index (χ1n) is 7.07. The summed E-state index contributed by atoms with van der Waals surface area (Å²) in [6.07, 6.45) is 0. The van der Waals surface area contributed by atoms with Gasteiger partial charge in [0.25, 0.3) is 0 Å². The second-order valence-electron chi connectivity index (χ2n) is 4.56. The summed E-state index contributed by atoms with van der Waals surface area (Å²) in [5.74, 6) is 1.63. The highest BCUT2D eigenvalue weighted by Gasteiger charge is 2.03. The third-order valence-electron chi connectivity index (χ3n) is 2.59. The van der Waals surface area contributed by atoms with Gasteiger partial charge in [-0.3, -0.25) is 0 Å². The van der Waals surface area contributed by atoms with Crippen molar-refractivity contribution in [2.24, 2.45) is 4.99 Å². The van der Waals surface area contributed by atoms with Crippen LogP contribution in [-0.4, -0.2) is 45.4 Å². The molecule has 0 aromatic heterocycles. The van der Waals surface area contributed by atoms with Gasteiger partial charge >= 0.3 is 0 Å². The Bertz CT molecular complexity index is 423. The number of nitrogens with zero attached hydrogens (tertiary/aromatic N) is 1. The minimum Gasteiger partial charge on any atom is -0.492 e. The van der Waals surface area contributed by atoms with Crippen molar-refractivity contribution in [3.63, 3.8) is 0 Å². The van der Waals surface area contributed by atoms with E-state index in [-0.39, 0.29) is 6.04 Å². The number of guanidine groups is 1. The summed E-state index contributed by atoms with van der Waals surface area (Å²) in [5.41, 5.74) is 0. The number of benzene rings is 1. The van der Waals surface area contributed by atoms with E-state index in [4.69, 9.17) is 9.47 Å². The molecular formula is C15H24BrN3O2. The predicted octanol–water partition coefficient (Wildman–Crippen LogP) is 2.42. The van der Waals surface area contributed by atoms with Gasteiger partial charge < -0.3 is 20.1 Å². The molecular weight excluding hydrogens is 334 g/mol. The smallest absolute Gasteiger partial charge is 0.191 e. The van der Waals surface area contributed by atoms with E-state index in [9.17, 15) is 0 Å². The largest absolute Gasteiger partial charge is 0.492 e. The minimum absolute atomic E-state index is 0.209. The maximum atomic E-state index is 5.63. The van der Waals surface area contributed by atoms with Crippen molar-refractivity contribution >= 4 is 21.9 Å². The molecule has 0 bridgehead atoms. The van der Waals surface area contributed by atoms with Crippen LogP contribution in [0.1, 0.15) is 13.8 Å². The van der Waals surface area contributed by atoms with Gasteiger partial charge in [0, 0.05) is 24.2 Å². The van der Waals surface area contributed by atoms with E-state index >= 15 is 0 Å². The fourth-order valence-electron chi connectivity index (χ4n) is 1.70. The molecule has 0 saturated carbocycles. The second-order valence-corrected chi connectivity index (χ2v) is 5.48. The molecule has 1 aromatic carbocycles. The minimum atomic E-state index is 0.209. The van der Waals surface area contributed by atoms with Crippen LogP contribution in [0.2, 0.25) is 0 Å². The molecule has 0 aliphatic heterocycles. The highest BCUT2D eigenvalue weighted by Crippen LogP contribution is 2.15. The predicted molar refractivity (Wildman–Crippen MR) is 90.1 cm³/mol. The summed E-state index contributed by atoms with van der Waals surface area (Å²) in [6.45, 7) is 6.67. The maximum absolute atomic E-state index is 5.63. The number of hydrogen-bond acceptors (Lipinski definition) is 3. The third-order valence-corrected chi connectivity index (χ3v) is 3.12. The van der Waals surface area contributed by atoms with Crippen LogP contribution in [0.5, 0.6) is 5.75 Å². The number of hydrogen-bond donors (Lipinski definition) is 2. The molecule has 1 aromatic rings. The van der Waals surface area contributed by atoms with Crippen LogP contribution in [0.25, 0.3) is 0 Å². The number of aliphatic imine (C=N–C) groups is 1. The molecule has 5 nitrogen and oxygen atoms in total. The zero-order valence-electron chi connectivity index (χ0n) is 12.9. The Morgan fingerprint density at radius 2 is 2.05 bits per heavy atom. The molecule has 1 atom stereocenters. The number of ether oxygens (including phenoxy) is 2. The molecule has 0 saturated heterocycles. The lowest BCUT2D eigenvalue weighted by Gasteiger charge is -2.17. The number of halogens is 1. The first-order chi connectivity index (χ1) is 10.2. The molecule has 21 heavy (non-hydrogen) atoms. The number of methoxy groups -OCH3 is 1. The second kappa shape index (κ2) is 10.5. The topological polar surface area (TPSA) is 54.9 Å². The summed E-state index contributed by atoms with van der Waals surface area (Å²) in [4.78, 5) is 4.47. The Morgan fingerprint density at radius 1 is 1.33 bits per heavy atom. The van der Waals surface area contributed by atoms with Crippen molar-refractivity contribution in [2.75, 3.05) is 33.4 Å². The number of rotatable bonds is 8. The fourth-order valence-corrected chi connectivity index (χ4v) is 1.96. The third kappa shape index (κ3) is 7.92. The van der Waals surface area contributed by atoms with Crippen LogP contribution < -0.4 is 15.4 Å². The van der Waals surface area contributed by atoms with Gasteiger partial charge in [-0.1, -0.05) is 15.9 Å². The van der Waals surface area contributed by atoms with Gasteiger partial charge in [-0.2, -0.15) is 0 Å². The maximum Gasteiger partial charge on any atom is 0.191 e. The Balaban J connectivity index is 2.37. The van der Waals surface area contributed by atoms with Gasteiger partial charge in [0.1, 0.15) is 12.4 Å². The Kier molecular flexibility index (Phi) is 8.85. The van der Waals surface area contributed by atoms with E-state index in [1.807, 2.05) is 31.2 Å². The van der Waals surface area contributed by atoms with E-state index in [1.54, 1.807) is 7.11 Å². The Morgan fingerprint density at radius 3 is 2.67 bits per heavy atom. The van der Waals surface area contributed by atoms with Crippen molar-refractivity contribution in [2.45, 2.75) is 19.9 Å². The lowest BCUT2D eigenvalue weighted by Crippen LogP contribution is -2.44. The average Bonchev–Trinajstić information content (AvgIpc) is 2.46. The van der Waals surface area contributed by atoms with Crippen molar-refractivity contribution in [3.8, 4) is 5.75 Å². The molecule has 0 radical (unpaired) electrons. The van der Waals surface area contributed by atoms with Gasteiger partial charge in [0.15, 0.2) is 5.96 Å². The highest BCUT2D eigenvalue weighted by molar-refractivity contribution is 9.10. The Hall–Kier alpha value is -1.27. The highest BCUT2D eigenvalue weighted by atomic mass is 79.9. The van der Waals surface area contributed by atoms with Crippen LogP contribution in [0.15, 0.2) is 33.7 Å². The zero-order valence-corrected chi connectivity index (χ0v) is 14.4. The molecule has 1 unspecified atom stereocenters. The molecule has 6 heteroatoms. The molecule has 0 amide bonds. The molecule has 0 fully saturated rings. The SMILES string of the molecule is CCNC(=NCCOc1ccc(Br)cc1)NC(C)COC. The van der Waals surface area contributed by atoms with Crippen LogP contribution in [0, 0.1) is 0 Å². The van der Waals surface area contributed by atoms with E-state index in [0.29, 0.717) is 19.8 Å². The van der Waals surface area contributed by atoms with Gasteiger partial charge in [-0.25, -0.2) is 4.99 Å². The molecule has 0 heterocycles. The van der Waals surface area contributed by atoms with E-state index in [2.05, 4.69) is 38.5 Å². The van der Waals surface area contributed by atoms with Gasteiger partial charge in [-0.05, 0) is 38.1 Å². The standard InChI is InChI=1S/C15H24BrN3O2/c1-4-17-15(19-12(2)11-20-3)18-9-10-21-14-7-5-13(16)6-8-14/h5-8,12H,4,9-11H2,1-3H3,(H2,17,18,19). The lowest BCUT2D eigenvalue weighted by atomic mass is 10.3. The molecule has 0 aliphatic rings. The van der Waals surface area contributed by atoms with Gasteiger partial charge in [0.2, 0.25) is 0 Å². The van der Waals surface area contributed by atoms with Crippen LogP contribution in [-0.2, 0) is 4.74 Å². The van der Waals surface area contributed by atoms with Gasteiger partial charge in [0.05, 0.1) is 13.2 Å². The van der Waals surface area contributed by atoms with E-state index in [0.717, 1.165) is 22.7 Å². The fraction of sp³-hybridized carbons (Fsp3) is 0.533. The summed E-state index contributed by atoms with van der Waals surface area (Å²) in [7, 11) is 1.69. The quantitative estimate of drug-likeness (QED) is 0.426. The molecule has 2 N–H and O–H groups in total. The van der Waals surface area contributed by atoms with Crippen molar-refractivity contribution < 1.29 is 9.47 Å². The van der Waals surface area contributed by atoms with Crippen molar-refractivity contribution in [1.82, 2.24) is 10.6 Å².